The van der Waals surface area contributed by atoms with Gasteiger partial charge in [-0.05, 0) is 24.6 Å². The average molecular weight is 370 g/mol. The van der Waals surface area contributed by atoms with Crippen molar-refractivity contribution in [2.75, 3.05) is 26.9 Å². The SMILES string of the molecule is CCOCC=Cc1ccc(O[C@@H]2O[C@H](CO)[C@@H](O)[C@H](O)[C@H]2O)c(OC)c1. The molecule has 1 aromatic rings. The fourth-order valence-corrected chi connectivity index (χ4v) is 2.55. The minimum absolute atomic E-state index is 0.291. The van der Waals surface area contributed by atoms with Crippen molar-refractivity contribution in [2.45, 2.75) is 37.6 Å². The Kier molecular flexibility index (Phi) is 7.83. The van der Waals surface area contributed by atoms with Gasteiger partial charge in [-0.2, -0.15) is 0 Å². The van der Waals surface area contributed by atoms with Crippen LogP contribution >= 0.6 is 0 Å². The second kappa shape index (κ2) is 9.86. The van der Waals surface area contributed by atoms with Crippen molar-refractivity contribution in [3.63, 3.8) is 0 Å². The highest BCUT2D eigenvalue weighted by Crippen LogP contribution is 2.32. The van der Waals surface area contributed by atoms with Gasteiger partial charge in [0.2, 0.25) is 6.29 Å². The first kappa shape index (κ1) is 20.6. The van der Waals surface area contributed by atoms with Crippen LogP contribution in [0.25, 0.3) is 6.08 Å². The summed E-state index contributed by atoms with van der Waals surface area (Å²) in [4.78, 5) is 0. The molecule has 146 valence electrons. The molecule has 8 heteroatoms. The molecule has 1 aliphatic rings. The van der Waals surface area contributed by atoms with Crippen LogP contribution < -0.4 is 9.47 Å². The molecule has 26 heavy (non-hydrogen) atoms. The smallest absolute Gasteiger partial charge is 0.229 e. The van der Waals surface area contributed by atoms with Crippen LogP contribution in [0, 0.1) is 0 Å². The summed E-state index contributed by atoms with van der Waals surface area (Å²) in [5.41, 5.74) is 0.864. The molecular formula is C18H26O8. The minimum Gasteiger partial charge on any atom is -0.493 e. The van der Waals surface area contributed by atoms with E-state index in [0.717, 1.165) is 5.56 Å². The van der Waals surface area contributed by atoms with E-state index in [1.807, 2.05) is 19.1 Å². The Labute approximate surface area is 152 Å². The average Bonchev–Trinajstić information content (AvgIpc) is 2.66. The Bertz CT molecular complexity index is 589. The highest BCUT2D eigenvalue weighted by atomic mass is 16.7. The lowest BCUT2D eigenvalue weighted by Crippen LogP contribution is -2.60. The molecular weight excluding hydrogens is 344 g/mol. The molecule has 0 spiro atoms. The van der Waals surface area contributed by atoms with Crippen molar-refractivity contribution in [3.8, 4) is 11.5 Å². The lowest BCUT2D eigenvalue weighted by molar-refractivity contribution is -0.277. The fraction of sp³-hybridized carbons (Fsp3) is 0.556. The number of aliphatic hydroxyl groups excluding tert-OH is 4. The van der Waals surface area contributed by atoms with Crippen molar-refractivity contribution in [3.05, 3.63) is 29.8 Å². The largest absolute Gasteiger partial charge is 0.493 e. The van der Waals surface area contributed by atoms with E-state index in [4.69, 9.17) is 18.9 Å². The molecule has 0 unspecified atom stereocenters. The number of aliphatic hydroxyl groups is 4. The predicted molar refractivity (Wildman–Crippen MR) is 92.9 cm³/mol. The van der Waals surface area contributed by atoms with Crippen LogP contribution in [0.1, 0.15) is 12.5 Å². The van der Waals surface area contributed by atoms with Gasteiger partial charge in [0, 0.05) is 6.61 Å². The number of rotatable bonds is 8. The van der Waals surface area contributed by atoms with E-state index in [2.05, 4.69) is 0 Å². The third-order valence-electron chi connectivity index (χ3n) is 4.01. The molecule has 4 N–H and O–H groups in total. The van der Waals surface area contributed by atoms with Gasteiger partial charge in [0.05, 0.1) is 20.3 Å². The molecule has 0 aliphatic carbocycles. The summed E-state index contributed by atoms with van der Waals surface area (Å²) >= 11 is 0. The maximum Gasteiger partial charge on any atom is 0.229 e. The van der Waals surface area contributed by atoms with Crippen LogP contribution in [-0.2, 0) is 9.47 Å². The van der Waals surface area contributed by atoms with Gasteiger partial charge in [-0.15, -0.1) is 0 Å². The topological polar surface area (TPSA) is 118 Å². The standard InChI is InChI=1S/C18H26O8/c1-3-24-8-4-5-11-6-7-12(13(9-11)23-2)25-18-17(22)16(21)15(20)14(10-19)26-18/h4-7,9,14-22H,3,8,10H2,1-2H3/t14-,15-,16+,17-,18-/m1/s1. The summed E-state index contributed by atoms with van der Waals surface area (Å²) in [7, 11) is 1.48. The van der Waals surface area contributed by atoms with Gasteiger partial charge in [-0.3, -0.25) is 0 Å². The number of hydrogen-bond acceptors (Lipinski definition) is 8. The molecule has 0 amide bonds. The first-order valence-electron chi connectivity index (χ1n) is 8.41. The summed E-state index contributed by atoms with van der Waals surface area (Å²) < 4.78 is 21.5. The number of hydrogen-bond donors (Lipinski definition) is 4. The fourth-order valence-electron chi connectivity index (χ4n) is 2.55. The van der Waals surface area contributed by atoms with Gasteiger partial charge in [-0.25, -0.2) is 0 Å². The molecule has 5 atom stereocenters. The van der Waals surface area contributed by atoms with Gasteiger partial charge in [-0.1, -0.05) is 18.2 Å². The first-order chi connectivity index (χ1) is 12.5. The van der Waals surface area contributed by atoms with E-state index in [1.165, 1.54) is 7.11 Å². The molecule has 2 rings (SSSR count). The molecule has 1 heterocycles. The van der Waals surface area contributed by atoms with Crippen molar-refractivity contribution in [2.24, 2.45) is 0 Å². The third kappa shape index (κ3) is 4.94. The lowest BCUT2D eigenvalue weighted by Gasteiger charge is -2.39. The molecule has 0 saturated carbocycles. The highest BCUT2D eigenvalue weighted by Gasteiger charge is 2.44. The van der Waals surface area contributed by atoms with E-state index in [0.29, 0.717) is 24.7 Å². The zero-order chi connectivity index (χ0) is 19.1. The van der Waals surface area contributed by atoms with Crippen molar-refractivity contribution in [1.82, 2.24) is 0 Å². The second-order valence-electron chi connectivity index (χ2n) is 5.79. The third-order valence-corrected chi connectivity index (χ3v) is 4.01. The van der Waals surface area contributed by atoms with Gasteiger partial charge in [0.1, 0.15) is 24.4 Å². The van der Waals surface area contributed by atoms with Crippen molar-refractivity contribution < 1.29 is 39.4 Å². The molecule has 1 fully saturated rings. The van der Waals surface area contributed by atoms with Crippen LogP contribution in [0.3, 0.4) is 0 Å². The summed E-state index contributed by atoms with van der Waals surface area (Å²) in [5.74, 6) is 0.694. The zero-order valence-corrected chi connectivity index (χ0v) is 14.8. The summed E-state index contributed by atoms with van der Waals surface area (Å²) in [6.07, 6.45) is -2.98. The monoisotopic (exact) mass is 370 g/mol. The quantitative estimate of drug-likeness (QED) is 0.470. The molecule has 0 bridgehead atoms. The molecule has 1 aromatic carbocycles. The van der Waals surface area contributed by atoms with Crippen LogP contribution in [0.15, 0.2) is 24.3 Å². The lowest BCUT2D eigenvalue weighted by atomic mass is 9.99. The maximum absolute atomic E-state index is 10.1. The van der Waals surface area contributed by atoms with E-state index in [9.17, 15) is 20.4 Å². The zero-order valence-electron chi connectivity index (χ0n) is 14.8. The minimum atomic E-state index is -1.50. The van der Waals surface area contributed by atoms with E-state index in [1.54, 1.807) is 18.2 Å². The van der Waals surface area contributed by atoms with E-state index < -0.39 is 37.3 Å². The van der Waals surface area contributed by atoms with Gasteiger partial charge >= 0.3 is 0 Å². The molecule has 1 saturated heterocycles. The summed E-state index contributed by atoms with van der Waals surface area (Å²) in [6, 6.07) is 5.16. The number of ether oxygens (including phenoxy) is 4. The summed E-state index contributed by atoms with van der Waals surface area (Å²) in [6.45, 7) is 2.54. The number of benzene rings is 1. The van der Waals surface area contributed by atoms with Crippen LogP contribution in [0.2, 0.25) is 0 Å². The van der Waals surface area contributed by atoms with E-state index >= 15 is 0 Å². The maximum atomic E-state index is 10.1. The Hall–Kier alpha value is -1.68. The Morgan fingerprint density at radius 2 is 1.88 bits per heavy atom. The number of methoxy groups -OCH3 is 1. The Balaban J connectivity index is 2.11. The first-order valence-corrected chi connectivity index (χ1v) is 8.41. The van der Waals surface area contributed by atoms with E-state index in [-0.39, 0.29) is 0 Å². The van der Waals surface area contributed by atoms with Gasteiger partial charge < -0.3 is 39.4 Å². The van der Waals surface area contributed by atoms with Crippen LogP contribution in [0.4, 0.5) is 0 Å². The van der Waals surface area contributed by atoms with Crippen molar-refractivity contribution in [1.29, 1.82) is 0 Å². The molecule has 8 nitrogen and oxygen atoms in total. The second-order valence-corrected chi connectivity index (χ2v) is 5.79. The molecule has 0 aromatic heterocycles. The Morgan fingerprint density at radius 3 is 2.54 bits per heavy atom. The van der Waals surface area contributed by atoms with Crippen LogP contribution in [0.5, 0.6) is 11.5 Å². The van der Waals surface area contributed by atoms with Gasteiger partial charge in [0.15, 0.2) is 11.5 Å². The predicted octanol–water partition coefficient (Wildman–Crippen LogP) is -0.0764. The van der Waals surface area contributed by atoms with Crippen LogP contribution in [-0.4, -0.2) is 78.1 Å². The highest BCUT2D eigenvalue weighted by molar-refractivity contribution is 5.56. The molecule has 0 radical (unpaired) electrons. The Morgan fingerprint density at radius 1 is 1.12 bits per heavy atom. The van der Waals surface area contributed by atoms with Crippen molar-refractivity contribution >= 4 is 6.08 Å². The molecule has 1 aliphatic heterocycles. The summed E-state index contributed by atoms with van der Waals surface area (Å²) in [5, 5.41) is 38.9. The van der Waals surface area contributed by atoms with Gasteiger partial charge in [0.25, 0.3) is 0 Å². The normalized spacial score (nSPS) is 29.1.